The average Bonchev–Trinajstić information content (AvgIpc) is 2.80. The van der Waals surface area contributed by atoms with Crippen LogP contribution in [-0.4, -0.2) is 18.0 Å². The van der Waals surface area contributed by atoms with Crippen LogP contribution in [0.3, 0.4) is 0 Å². The van der Waals surface area contributed by atoms with Crippen molar-refractivity contribution in [3.05, 3.63) is 0 Å². The molecule has 1 heterocycles. The summed E-state index contributed by atoms with van der Waals surface area (Å²) in [5.74, 6) is -0.375. The first-order valence-corrected chi connectivity index (χ1v) is 10.4. The van der Waals surface area contributed by atoms with Crippen LogP contribution in [0.1, 0.15) is 118 Å². The molecule has 0 N–H and O–H groups in total. The zero-order valence-electron chi connectivity index (χ0n) is 16.4. The molecule has 1 fully saturated rings. The van der Waals surface area contributed by atoms with Gasteiger partial charge in [0, 0.05) is 0 Å². The maximum atomic E-state index is 6.16. The fraction of sp³-hybridized carbons (Fsp3) is 1.00. The average molecular weight is 327 g/mol. The molecule has 0 radical (unpaired) electrons. The Hall–Kier alpha value is -0.0800. The van der Waals surface area contributed by atoms with E-state index in [0.29, 0.717) is 12.2 Å². The van der Waals surface area contributed by atoms with E-state index in [0.717, 1.165) is 0 Å². The van der Waals surface area contributed by atoms with E-state index in [1.165, 1.54) is 89.9 Å². The highest BCUT2D eigenvalue weighted by Gasteiger charge is 2.40. The minimum absolute atomic E-state index is 0.326. The summed E-state index contributed by atoms with van der Waals surface area (Å²) in [6.45, 7) is 8.70. The summed E-state index contributed by atoms with van der Waals surface area (Å²) in [4.78, 5) is 0. The smallest absolute Gasteiger partial charge is 0.163 e. The predicted molar refractivity (Wildman–Crippen MR) is 99.8 cm³/mol. The largest absolute Gasteiger partial charge is 0.345 e. The Bertz CT molecular complexity index is 249. The lowest BCUT2D eigenvalue weighted by molar-refractivity contribution is -0.147. The number of hydrogen-bond donors (Lipinski definition) is 0. The van der Waals surface area contributed by atoms with E-state index in [9.17, 15) is 0 Å². The molecular formula is C21H42O2. The molecule has 0 aromatic rings. The molecule has 0 saturated carbocycles. The minimum Gasteiger partial charge on any atom is -0.345 e. The van der Waals surface area contributed by atoms with Crippen molar-refractivity contribution in [1.29, 1.82) is 0 Å². The SMILES string of the molecule is CCCCCCCCC1OC(C)(C)OC1CCCCCCCC. The van der Waals surface area contributed by atoms with Gasteiger partial charge in [-0.15, -0.1) is 0 Å². The van der Waals surface area contributed by atoms with Crippen molar-refractivity contribution in [2.45, 2.75) is 136 Å². The molecule has 0 spiro atoms. The Labute approximate surface area is 145 Å². The molecule has 0 aliphatic carbocycles. The molecule has 2 nitrogen and oxygen atoms in total. The van der Waals surface area contributed by atoms with E-state index in [1.807, 2.05) is 0 Å². The fourth-order valence-corrected chi connectivity index (χ4v) is 3.65. The van der Waals surface area contributed by atoms with Crippen LogP contribution in [0.15, 0.2) is 0 Å². The monoisotopic (exact) mass is 326 g/mol. The third-order valence-corrected chi connectivity index (χ3v) is 4.97. The van der Waals surface area contributed by atoms with Gasteiger partial charge in [-0.25, -0.2) is 0 Å². The molecule has 1 aliphatic heterocycles. The van der Waals surface area contributed by atoms with Crippen LogP contribution in [0.5, 0.6) is 0 Å². The lowest BCUT2D eigenvalue weighted by Gasteiger charge is -2.16. The highest BCUT2D eigenvalue weighted by molar-refractivity contribution is 4.81. The van der Waals surface area contributed by atoms with Crippen molar-refractivity contribution in [3.63, 3.8) is 0 Å². The van der Waals surface area contributed by atoms with E-state index < -0.39 is 0 Å². The van der Waals surface area contributed by atoms with Gasteiger partial charge < -0.3 is 9.47 Å². The number of ether oxygens (including phenoxy) is 2. The van der Waals surface area contributed by atoms with Gasteiger partial charge in [-0.3, -0.25) is 0 Å². The summed E-state index contributed by atoms with van der Waals surface area (Å²) in [7, 11) is 0. The van der Waals surface area contributed by atoms with E-state index in [1.54, 1.807) is 0 Å². The van der Waals surface area contributed by atoms with Crippen LogP contribution in [0.25, 0.3) is 0 Å². The topological polar surface area (TPSA) is 18.5 Å². The highest BCUT2D eigenvalue weighted by atomic mass is 16.7. The van der Waals surface area contributed by atoms with Crippen molar-refractivity contribution in [1.82, 2.24) is 0 Å². The first-order chi connectivity index (χ1) is 11.1. The maximum Gasteiger partial charge on any atom is 0.163 e. The summed E-state index contributed by atoms with van der Waals surface area (Å²) in [5.41, 5.74) is 0. The second kappa shape index (κ2) is 12.3. The fourth-order valence-electron chi connectivity index (χ4n) is 3.65. The van der Waals surface area contributed by atoms with Gasteiger partial charge in [0.25, 0.3) is 0 Å². The number of unbranched alkanes of at least 4 members (excludes halogenated alkanes) is 10. The van der Waals surface area contributed by atoms with Gasteiger partial charge in [0.2, 0.25) is 0 Å². The standard InChI is InChI=1S/C21H42O2/c1-5-7-9-11-13-15-17-19-20(23-21(3,4)22-19)18-16-14-12-10-8-6-2/h19-20H,5-18H2,1-4H3. The van der Waals surface area contributed by atoms with E-state index >= 15 is 0 Å². The minimum atomic E-state index is -0.375. The van der Waals surface area contributed by atoms with Crippen LogP contribution in [0.4, 0.5) is 0 Å². The zero-order valence-corrected chi connectivity index (χ0v) is 16.4. The Balaban J connectivity index is 2.17. The quantitative estimate of drug-likeness (QED) is 0.320. The Morgan fingerprint density at radius 3 is 1.30 bits per heavy atom. The third kappa shape index (κ3) is 9.72. The van der Waals surface area contributed by atoms with E-state index in [-0.39, 0.29) is 5.79 Å². The van der Waals surface area contributed by atoms with Crippen LogP contribution in [0.2, 0.25) is 0 Å². The van der Waals surface area contributed by atoms with Crippen molar-refractivity contribution < 1.29 is 9.47 Å². The molecule has 2 unspecified atom stereocenters. The summed E-state index contributed by atoms with van der Waals surface area (Å²) in [6.07, 6.45) is 19.3. The number of hydrogen-bond acceptors (Lipinski definition) is 2. The van der Waals surface area contributed by atoms with Crippen molar-refractivity contribution >= 4 is 0 Å². The molecule has 138 valence electrons. The van der Waals surface area contributed by atoms with Crippen LogP contribution < -0.4 is 0 Å². The molecule has 1 saturated heterocycles. The molecule has 2 atom stereocenters. The highest BCUT2D eigenvalue weighted by Crippen LogP contribution is 2.33. The Morgan fingerprint density at radius 2 is 0.913 bits per heavy atom. The van der Waals surface area contributed by atoms with Gasteiger partial charge >= 0.3 is 0 Å². The molecule has 0 amide bonds. The Kier molecular flexibility index (Phi) is 11.2. The van der Waals surface area contributed by atoms with Crippen LogP contribution in [-0.2, 0) is 9.47 Å². The summed E-state index contributed by atoms with van der Waals surface area (Å²) >= 11 is 0. The molecule has 23 heavy (non-hydrogen) atoms. The molecule has 1 rings (SSSR count). The van der Waals surface area contributed by atoms with Gasteiger partial charge in [-0.1, -0.05) is 90.9 Å². The van der Waals surface area contributed by atoms with E-state index in [2.05, 4.69) is 27.7 Å². The van der Waals surface area contributed by atoms with Crippen molar-refractivity contribution in [3.8, 4) is 0 Å². The van der Waals surface area contributed by atoms with Crippen LogP contribution >= 0.6 is 0 Å². The number of rotatable bonds is 14. The normalized spacial score (nSPS) is 23.5. The van der Waals surface area contributed by atoms with Gasteiger partial charge in [0.1, 0.15) is 0 Å². The molecular weight excluding hydrogens is 284 g/mol. The molecule has 0 aromatic heterocycles. The van der Waals surface area contributed by atoms with Crippen molar-refractivity contribution in [2.75, 3.05) is 0 Å². The molecule has 0 aromatic carbocycles. The maximum absolute atomic E-state index is 6.16. The molecule has 0 bridgehead atoms. The van der Waals surface area contributed by atoms with Gasteiger partial charge in [0.05, 0.1) is 12.2 Å². The summed E-state index contributed by atoms with van der Waals surface area (Å²) in [6, 6.07) is 0. The second-order valence-corrected chi connectivity index (χ2v) is 7.83. The second-order valence-electron chi connectivity index (χ2n) is 7.83. The van der Waals surface area contributed by atoms with Gasteiger partial charge in [-0.05, 0) is 26.7 Å². The van der Waals surface area contributed by atoms with E-state index in [4.69, 9.17) is 9.47 Å². The molecule has 2 heteroatoms. The predicted octanol–water partition coefficient (Wildman–Crippen LogP) is 7.01. The van der Waals surface area contributed by atoms with Crippen molar-refractivity contribution in [2.24, 2.45) is 0 Å². The van der Waals surface area contributed by atoms with Gasteiger partial charge in [-0.2, -0.15) is 0 Å². The summed E-state index contributed by atoms with van der Waals surface area (Å²) < 4.78 is 12.3. The van der Waals surface area contributed by atoms with Crippen LogP contribution in [0, 0.1) is 0 Å². The first kappa shape index (κ1) is 21.0. The molecule has 1 aliphatic rings. The Morgan fingerprint density at radius 1 is 0.565 bits per heavy atom. The first-order valence-electron chi connectivity index (χ1n) is 10.4. The third-order valence-electron chi connectivity index (χ3n) is 4.97. The lowest BCUT2D eigenvalue weighted by atomic mass is 10.00. The zero-order chi connectivity index (χ0) is 17.0. The van der Waals surface area contributed by atoms with Gasteiger partial charge in [0.15, 0.2) is 5.79 Å². The summed E-state index contributed by atoms with van der Waals surface area (Å²) in [5, 5.41) is 0. The lowest BCUT2D eigenvalue weighted by Crippen LogP contribution is -2.22.